The quantitative estimate of drug-likeness (QED) is 0.378. The standard InChI is InChI=1S/C16H20N4O4/c21-15(10-1-2-10)17-7-8-18-16(22)11-3-6-13(19-12-4-5-12)14(9-11)20(23)24/h3,6,9-10,12,19H,1-2,4-5,7-8H2,(H,17,21)(H,18,22). The van der Waals surface area contributed by atoms with Crippen molar-refractivity contribution in [2.45, 2.75) is 31.7 Å². The van der Waals surface area contributed by atoms with Crippen LogP contribution in [0.3, 0.4) is 0 Å². The number of nitrogens with one attached hydrogen (secondary N) is 3. The van der Waals surface area contributed by atoms with Gasteiger partial charge in [0.2, 0.25) is 5.91 Å². The van der Waals surface area contributed by atoms with E-state index in [0.29, 0.717) is 18.3 Å². The predicted octanol–water partition coefficient (Wildman–Crippen LogP) is 1.43. The highest BCUT2D eigenvalue weighted by molar-refractivity contribution is 5.95. The molecule has 128 valence electrons. The maximum absolute atomic E-state index is 12.1. The van der Waals surface area contributed by atoms with Gasteiger partial charge in [0, 0.05) is 36.7 Å². The molecule has 2 aliphatic carbocycles. The maximum atomic E-state index is 12.1. The number of anilines is 1. The molecule has 2 aliphatic rings. The summed E-state index contributed by atoms with van der Waals surface area (Å²) < 4.78 is 0. The molecule has 0 aromatic heterocycles. The van der Waals surface area contributed by atoms with Gasteiger partial charge < -0.3 is 16.0 Å². The number of amides is 2. The molecular weight excluding hydrogens is 312 g/mol. The summed E-state index contributed by atoms with van der Waals surface area (Å²) in [5.74, 6) is -0.234. The van der Waals surface area contributed by atoms with Crippen LogP contribution in [0.15, 0.2) is 18.2 Å². The molecule has 0 heterocycles. The minimum atomic E-state index is -0.489. The Balaban J connectivity index is 1.54. The fourth-order valence-corrected chi connectivity index (χ4v) is 2.35. The lowest BCUT2D eigenvalue weighted by molar-refractivity contribution is -0.384. The average molecular weight is 332 g/mol. The van der Waals surface area contributed by atoms with Crippen LogP contribution in [0.1, 0.15) is 36.0 Å². The molecule has 0 radical (unpaired) electrons. The summed E-state index contributed by atoms with van der Waals surface area (Å²) in [5.41, 5.74) is 0.573. The summed E-state index contributed by atoms with van der Waals surface area (Å²) in [6.45, 7) is 0.637. The summed E-state index contributed by atoms with van der Waals surface area (Å²) in [4.78, 5) is 34.3. The van der Waals surface area contributed by atoms with Gasteiger partial charge in [-0.15, -0.1) is 0 Å². The van der Waals surface area contributed by atoms with Gasteiger partial charge in [0.15, 0.2) is 0 Å². The third-order valence-electron chi connectivity index (χ3n) is 4.05. The van der Waals surface area contributed by atoms with E-state index in [4.69, 9.17) is 0 Å². The number of benzene rings is 1. The molecule has 24 heavy (non-hydrogen) atoms. The third kappa shape index (κ3) is 4.21. The van der Waals surface area contributed by atoms with Gasteiger partial charge in [-0.25, -0.2) is 0 Å². The average Bonchev–Trinajstić information content (AvgIpc) is 3.44. The molecule has 0 aliphatic heterocycles. The summed E-state index contributed by atoms with van der Waals surface area (Å²) in [5, 5.41) is 19.7. The number of carbonyl (C=O) groups is 2. The zero-order chi connectivity index (χ0) is 17.1. The van der Waals surface area contributed by atoms with Crippen molar-refractivity contribution < 1.29 is 14.5 Å². The van der Waals surface area contributed by atoms with Crippen molar-refractivity contribution in [3.63, 3.8) is 0 Å². The second-order valence-electron chi connectivity index (χ2n) is 6.23. The molecule has 0 unspecified atom stereocenters. The highest BCUT2D eigenvalue weighted by Crippen LogP contribution is 2.31. The minimum Gasteiger partial charge on any atom is -0.377 e. The second kappa shape index (κ2) is 6.86. The molecule has 2 saturated carbocycles. The Bertz CT molecular complexity index is 668. The summed E-state index contributed by atoms with van der Waals surface area (Å²) in [6.07, 6.45) is 3.88. The van der Waals surface area contributed by atoms with Crippen LogP contribution in [0.5, 0.6) is 0 Å². The smallest absolute Gasteiger partial charge is 0.293 e. The fraction of sp³-hybridized carbons (Fsp3) is 0.500. The number of nitrogens with zero attached hydrogens (tertiary/aromatic N) is 1. The molecule has 3 rings (SSSR count). The number of nitro benzene ring substituents is 1. The summed E-state index contributed by atoms with van der Waals surface area (Å²) in [7, 11) is 0. The zero-order valence-electron chi connectivity index (χ0n) is 13.2. The fourth-order valence-electron chi connectivity index (χ4n) is 2.35. The summed E-state index contributed by atoms with van der Waals surface area (Å²) in [6, 6.07) is 4.71. The maximum Gasteiger partial charge on any atom is 0.293 e. The van der Waals surface area contributed by atoms with E-state index in [1.165, 1.54) is 6.07 Å². The topological polar surface area (TPSA) is 113 Å². The first-order valence-electron chi connectivity index (χ1n) is 8.15. The van der Waals surface area contributed by atoms with E-state index in [1.807, 2.05) is 0 Å². The first kappa shape index (κ1) is 16.2. The zero-order valence-corrected chi connectivity index (χ0v) is 13.2. The first-order chi connectivity index (χ1) is 11.5. The molecule has 3 N–H and O–H groups in total. The highest BCUT2D eigenvalue weighted by atomic mass is 16.6. The van der Waals surface area contributed by atoms with Gasteiger partial charge in [0.1, 0.15) is 5.69 Å². The Hall–Kier alpha value is -2.64. The first-order valence-corrected chi connectivity index (χ1v) is 8.15. The number of hydrogen-bond acceptors (Lipinski definition) is 5. The van der Waals surface area contributed by atoms with Gasteiger partial charge in [-0.2, -0.15) is 0 Å². The molecule has 0 atom stereocenters. The van der Waals surface area contributed by atoms with Crippen molar-refractivity contribution in [1.29, 1.82) is 0 Å². The van der Waals surface area contributed by atoms with Crippen molar-refractivity contribution in [3.8, 4) is 0 Å². The van der Waals surface area contributed by atoms with Crippen molar-refractivity contribution in [1.82, 2.24) is 10.6 Å². The number of nitro groups is 1. The molecule has 2 fully saturated rings. The van der Waals surface area contributed by atoms with E-state index in [2.05, 4.69) is 16.0 Å². The Labute approximate surface area is 139 Å². The van der Waals surface area contributed by atoms with E-state index in [1.54, 1.807) is 12.1 Å². The van der Waals surface area contributed by atoms with Gasteiger partial charge in [-0.05, 0) is 37.8 Å². The molecule has 2 amide bonds. The van der Waals surface area contributed by atoms with Crippen LogP contribution in [0, 0.1) is 16.0 Å². The van der Waals surface area contributed by atoms with Crippen molar-refractivity contribution >= 4 is 23.2 Å². The molecule has 8 heteroatoms. The van der Waals surface area contributed by atoms with Crippen LogP contribution in [0.4, 0.5) is 11.4 Å². The molecule has 1 aromatic rings. The third-order valence-corrected chi connectivity index (χ3v) is 4.05. The largest absolute Gasteiger partial charge is 0.377 e. The molecule has 0 spiro atoms. The Morgan fingerprint density at radius 2 is 1.83 bits per heavy atom. The van der Waals surface area contributed by atoms with E-state index in [-0.39, 0.29) is 29.6 Å². The monoisotopic (exact) mass is 332 g/mol. The Morgan fingerprint density at radius 1 is 1.12 bits per heavy atom. The van der Waals surface area contributed by atoms with E-state index in [0.717, 1.165) is 25.7 Å². The van der Waals surface area contributed by atoms with Crippen LogP contribution in [-0.4, -0.2) is 35.9 Å². The van der Waals surface area contributed by atoms with Gasteiger partial charge >= 0.3 is 0 Å². The van der Waals surface area contributed by atoms with Crippen LogP contribution in [0.2, 0.25) is 0 Å². The molecule has 0 bridgehead atoms. The molecule has 8 nitrogen and oxygen atoms in total. The molecule has 0 saturated heterocycles. The van der Waals surface area contributed by atoms with Crippen LogP contribution >= 0.6 is 0 Å². The number of carbonyl (C=O) groups excluding carboxylic acids is 2. The van der Waals surface area contributed by atoms with Crippen LogP contribution in [-0.2, 0) is 4.79 Å². The van der Waals surface area contributed by atoms with Gasteiger partial charge in [0.25, 0.3) is 11.6 Å². The molecule has 1 aromatic carbocycles. The van der Waals surface area contributed by atoms with E-state index >= 15 is 0 Å². The summed E-state index contributed by atoms with van der Waals surface area (Å²) >= 11 is 0. The van der Waals surface area contributed by atoms with Crippen molar-refractivity contribution in [2.75, 3.05) is 18.4 Å². The molecular formula is C16H20N4O4. The van der Waals surface area contributed by atoms with E-state index < -0.39 is 10.8 Å². The lowest BCUT2D eigenvalue weighted by atomic mass is 10.1. The van der Waals surface area contributed by atoms with Crippen LogP contribution in [0.25, 0.3) is 0 Å². The van der Waals surface area contributed by atoms with Gasteiger partial charge in [-0.1, -0.05) is 0 Å². The SMILES string of the molecule is O=C(NCCNC(=O)C1CC1)c1ccc(NC2CC2)c([N+](=O)[O-])c1. The number of hydrogen-bond donors (Lipinski definition) is 3. The Morgan fingerprint density at radius 3 is 2.46 bits per heavy atom. The number of rotatable bonds is 8. The van der Waals surface area contributed by atoms with Gasteiger partial charge in [-0.3, -0.25) is 19.7 Å². The normalized spacial score (nSPS) is 16.3. The van der Waals surface area contributed by atoms with Gasteiger partial charge in [0.05, 0.1) is 4.92 Å². The lowest BCUT2D eigenvalue weighted by Crippen LogP contribution is -2.35. The van der Waals surface area contributed by atoms with Crippen molar-refractivity contribution in [2.24, 2.45) is 5.92 Å². The van der Waals surface area contributed by atoms with E-state index in [9.17, 15) is 19.7 Å². The van der Waals surface area contributed by atoms with Crippen LogP contribution < -0.4 is 16.0 Å². The Kier molecular flexibility index (Phi) is 4.64. The predicted molar refractivity (Wildman–Crippen MR) is 87.8 cm³/mol. The van der Waals surface area contributed by atoms with Crippen molar-refractivity contribution in [3.05, 3.63) is 33.9 Å². The minimum absolute atomic E-state index is 0.0235. The lowest BCUT2D eigenvalue weighted by Gasteiger charge is -2.09. The second-order valence-corrected chi connectivity index (χ2v) is 6.23. The highest BCUT2D eigenvalue weighted by Gasteiger charge is 2.29.